The molecule has 1 N–H and O–H groups in total. The van der Waals surface area contributed by atoms with Crippen molar-refractivity contribution in [3.05, 3.63) is 35.9 Å². The molecule has 0 aliphatic carbocycles. The molecule has 0 saturated heterocycles. The van der Waals surface area contributed by atoms with Gasteiger partial charge in [0, 0.05) is 12.6 Å². The molecule has 20 heavy (non-hydrogen) atoms. The maximum atomic E-state index is 9.78. The Hall–Kier alpha value is -1.37. The summed E-state index contributed by atoms with van der Waals surface area (Å²) in [5.74, 6) is 0. The summed E-state index contributed by atoms with van der Waals surface area (Å²) in [5, 5.41) is 13.2. The Kier molecular flexibility index (Phi) is 6.70. The van der Waals surface area contributed by atoms with E-state index >= 15 is 0 Å². The second kappa shape index (κ2) is 8.04. The van der Waals surface area contributed by atoms with Gasteiger partial charge in [0.2, 0.25) is 0 Å². The van der Waals surface area contributed by atoms with E-state index in [0.717, 1.165) is 24.9 Å². The minimum atomic E-state index is -0.632. The molecule has 0 amide bonds. The monoisotopic (exact) mass is 273 g/mol. The summed E-state index contributed by atoms with van der Waals surface area (Å²) in [6.07, 6.45) is 2.32. The van der Waals surface area contributed by atoms with E-state index in [1.807, 2.05) is 37.3 Å². The van der Waals surface area contributed by atoms with E-state index in [1.165, 1.54) is 0 Å². The molecule has 0 aliphatic heterocycles. The molecule has 3 nitrogen and oxygen atoms in total. The number of nitriles is 1. The van der Waals surface area contributed by atoms with Crippen LogP contribution < -0.4 is 5.32 Å². The second-order valence-corrected chi connectivity index (χ2v) is 5.47. The van der Waals surface area contributed by atoms with Crippen LogP contribution in [0.2, 0.25) is 0 Å². The smallest absolute Gasteiger partial charge is 0.145 e. The van der Waals surface area contributed by atoms with Gasteiger partial charge in [-0.2, -0.15) is 5.26 Å². The van der Waals surface area contributed by atoms with Crippen LogP contribution in [0.25, 0.3) is 0 Å². The van der Waals surface area contributed by atoms with Crippen LogP contribution in [-0.2, 0) is 5.54 Å². The standard InChI is InChI=1S/C17H27N3/c1-5-10-15(3)20(4)14-17(13-18,19-6-2)16-11-8-7-9-12-16/h7-9,11-12,15,19H,5-6,10,14H2,1-4H3. The van der Waals surface area contributed by atoms with E-state index in [2.05, 4.69) is 37.2 Å². The van der Waals surface area contributed by atoms with E-state index in [0.29, 0.717) is 12.6 Å². The first-order valence-electron chi connectivity index (χ1n) is 7.51. The number of nitrogens with one attached hydrogen (secondary N) is 1. The Bertz CT molecular complexity index is 424. The molecule has 0 saturated carbocycles. The van der Waals surface area contributed by atoms with Gasteiger partial charge in [-0.3, -0.25) is 5.32 Å². The van der Waals surface area contributed by atoms with Crippen LogP contribution in [0.15, 0.2) is 30.3 Å². The van der Waals surface area contributed by atoms with E-state index in [9.17, 15) is 5.26 Å². The quantitative estimate of drug-likeness (QED) is 0.791. The van der Waals surface area contributed by atoms with Crippen molar-refractivity contribution in [3.63, 3.8) is 0 Å². The molecule has 0 spiro atoms. The molecular formula is C17H27N3. The zero-order valence-electron chi connectivity index (χ0n) is 13.2. The summed E-state index contributed by atoms with van der Waals surface area (Å²) in [6, 6.07) is 13.0. The van der Waals surface area contributed by atoms with Crippen LogP contribution in [0.5, 0.6) is 0 Å². The predicted molar refractivity (Wildman–Crippen MR) is 84.4 cm³/mol. The fourth-order valence-electron chi connectivity index (χ4n) is 2.58. The molecule has 2 atom stereocenters. The van der Waals surface area contributed by atoms with Crippen LogP contribution >= 0.6 is 0 Å². The van der Waals surface area contributed by atoms with E-state index < -0.39 is 5.54 Å². The number of hydrogen-bond acceptors (Lipinski definition) is 3. The van der Waals surface area contributed by atoms with Gasteiger partial charge in [-0.1, -0.05) is 50.6 Å². The van der Waals surface area contributed by atoms with Crippen molar-refractivity contribution in [1.29, 1.82) is 5.26 Å². The van der Waals surface area contributed by atoms with Crippen LogP contribution in [0.1, 0.15) is 39.2 Å². The highest BCUT2D eigenvalue weighted by Gasteiger charge is 2.33. The number of likely N-dealkylation sites (N-methyl/N-ethyl adjacent to an activating group) is 2. The van der Waals surface area contributed by atoms with Crippen molar-refractivity contribution in [2.75, 3.05) is 20.1 Å². The predicted octanol–water partition coefficient (Wildman–Crippen LogP) is 3.14. The van der Waals surface area contributed by atoms with Gasteiger partial charge in [0.15, 0.2) is 0 Å². The Morgan fingerprint density at radius 1 is 1.30 bits per heavy atom. The largest absolute Gasteiger partial charge is 0.300 e. The molecule has 2 unspecified atom stereocenters. The number of hydrogen-bond donors (Lipinski definition) is 1. The molecule has 0 radical (unpaired) electrons. The number of nitrogens with zero attached hydrogens (tertiary/aromatic N) is 2. The third kappa shape index (κ3) is 4.06. The van der Waals surface area contributed by atoms with Gasteiger partial charge < -0.3 is 4.90 Å². The van der Waals surface area contributed by atoms with Crippen molar-refractivity contribution in [2.24, 2.45) is 0 Å². The normalized spacial score (nSPS) is 15.6. The van der Waals surface area contributed by atoms with Crippen molar-refractivity contribution in [3.8, 4) is 6.07 Å². The topological polar surface area (TPSA) is 39.1 Å². The van der Waals surface area contributed by atoms with E-state index in [4.69, 9.17) is 0 Å². The van der Waals surface area contributed by atoms with Gasteiger partial charge in [0.1, 0.15) is 5.54 Å². The highest BCUT2D eigenvalue weighted by molar-refractivity contribution is 5.32. The fourth-order valence-corrected chi connectivity index (χ4v) is 2.58. The molecule has 0 bridgehead atoms. The first kappa shape index (κ1) is 16.7. The Balaban J connectivity index is 2.98. The lowest BCUT2D eigenvalue weighted by atomic mass is 9.90. The van der Waals surface area contributed by atoms with Gasteiger partial charge in [-0.05, 0) is 32.5 Å². The highest BCUT2D eigenvalue weighted by atomic mass is 15.2. The lowest BCUT2D eigenvalue weighted by Gasteiger charge is -2.35. The molecular weight excluding hydrogens is 246 g/mol. The average Bonchev–Trinajstić information content (AvgIpc) is 2.47. The third-order valence-corrected chi connectivity index (χ3v) is 3.88. The van der Waals surface area contributed by atoms with E-state index in [-0.39, 0.29) is 0 Å². The first-order chi connectivity index (χ1) is 9.59. The van der Waals surface area contributed by atoms with Crippen LogP contribution in [0, 0.1) is 11.3 Å². The van der Waals surface area contributed by atoms with Crippen molar-refractivity contribution >= 4 is 0 Å². The Morgan fingerprint density at radius 3 is 2.45 bits per heavy atom. The summed E-state index contributed by atoms with van der Waals surface area (Å²) >= 11 is 0. The van der Waals surface area contributed by atoms with Gasteiger partial charge >= 0.3 is 0 Å². The van der Waals surface area contributed by atoms with E-state index in [1.54, 1.807) is 0 Å². The SMILES string of the molecule is CCCC(C)N(C)CC(C#N)(NCC)c1ccccc1. The molecule has 1 aromatic carbocycles. The van der Waals surface area contributed by atoms with Crippen molar-refractivity contribution in [2.45, 2.75) is 45.2 Å². The summed E-state index contributed by atoms with van der Waals surface area (Å²) in [7, 11) is 2.10. The Morgan fingerprint density at radius 2 is 1.95 bits per heavy atom. The minimum absolute atomic E-state index is 0.482. The van der Waals surface area contributed by atoms with Gasteiger partial charge in [-0.15, -0.1) is 0 Å². The molecule has 3 heteroatoms. The lowest BCUT2D eigenvalue weighted by Crippen LogP contribution is -2.51. The summed E-state index contributed by atoms with van der Waals surface area (Å²) in [4.78, 5) is 2.28. The highest BCUT2D eigenvalue weighted by Crippen LogP contribution is 2.23. The van der Waals surface area contributed by atoms with Crippen LogP contribution in [0.4, 0.5) is 0 Å². The van der Waals surface area contributed by atoms with Crippen LogP contribution in [-0.4, -0.2) is 31.1 Å². The van der Waals surface area contributed by atoms with Crippen molar-refractivity contribution in [1.82, 2.24) is 10.2 Å². The number of benzene rings is 1. The maximum Gasteiger partial charge on any atom is 0.145 e. The number of rotatable bonds is 8. The zero-order valence-corrected chi connectivity index (χ0v) is 13.2. The van der Waals surface area contributed by atoms with Gasteiger partial charge in [0.05, 0.1) is 6.07 Å². The zero-order chi connectivity index (χ0) is 15.0. The molecule has 0 aliphatic rings. The second-order valence-electron chi connectivity index (χ2n) is 5.47. The molecule has 0 aromatic heterocycles. The maximum absolute atomic E-state index is 9.78. The van der Waals surface area contributed by atoms with Crippen LogP contribution in [0.3, 0.4) is 0 Å². The first-order valence-corrected chi connectivity index (χ1v) is 7.51. The Labute approximate surface area is 123 Å². The summed E-state index contributed by atoms with van der Waals surface area (Å²) in [5.41, 5.74) is 0.409. The summed E-state index contributed by atoms with van der Waals surface area (Å²) < 4.78 is 0. The molecule has 1 rings (SSSR count). The fraction of sp³-hybridized carbons (Fsp3) is 0.588. The molecule has 0 fully saturated rings. The third-order valence-electron chi connectivity index (χ3n) is 3.88. The van der Waals surface area contributed by atoms with Gasteiger partial charge in [0.25, 0.3) is 0 Å². The molecule has 110 valence electrons. The lowest BCUT2D eigenvalue weighted by molar-refractivity contribution is 0.193. The van der Waals surface area contributed by atoms with Crippen molar-refractivity contribution < 1.29 is 0 Å². The summed E-state index contributed by atoms with van der Waals surface area (Å²) in [6.45, 7) is 7.94. The molecule has 0 heterocycles. The minimum Gasteiger partial charge on any atom is -0.300 e. The molecule has 1 aromatic rings. The van der Waals surface area contributed by atoms with Gasteiger partial charge in [-0.25, -0.2) is 0 Å². The average molecular weight is 273 g/mol.